The van der Waals surface area contributed by atoms with Crippen LogP contribution in [0.1, 0.15) is 19.8 Å². The second-order valence-electron chi connectivity index (χ2n) is 4.80. The molecule has 2 heterocycles. The maximum absolute atomic E-state index is 5.40. The first-order valence-electron chi connectivity index (χ1n) is 6.59. The van der Waals surface area contributed by atoms with Crippen molar-refractivity contribution in [3.63, 3.8) is 0 Å². The van der Waals surface area contributed by atoms with Crippen LogP contribution >= 0.6 is 0 Å². The molecule has 19 heavy (non-hydrogen) atoms. The number of likely N-dealkylation sites (tertiary alicyclic amines) is 1. The lowest BCUT2D eigenvalue weighted by Crippen LogP contribution is -2.33. The summed E-state index contributed by atoms with van der Waals surface area (Å²) in [5, 5.41) is 3.35. The zero-order valence-electron chi connectivity index (χ0n) is 11.5. The van der Waals surface area contributed by atoms with E-state index < -0.39 is 0 Å². The second-order valence-corrected chi connectivity index (χ2v) is 4.80. The number of nitrogens with two attached hydrogens (primary N) is 1. The van der Waals surface area contributed by atoms with E-state index in [1.54, 1.807) is 7.11 Å². The normalized spacial score (nSPS) is 17.2. The minimum atomic E-state index is 0.285. The molecule has 0 bridgehead atoms. The molecule has 2 rings (SSSR count). The number of hydrogen-bond acceptors (Lipinski definition) is 7. The fourth-order valence-electron chi connectivity index (χ4n) is 2.40. The minimum Gasteiger partial charge on any atom is -0.490 e. The minimum absolute atomic E-state index is 0.285. The molecule has 0 spiro atoms. The Balaban J connectivity index is 2.01. The number of aromatic nitrogens is 2. The molecular formula is C12H22N6O. The summed E-state index contributed by atoms with van der Waals surface area (Å²) < 4.78 is 5.29. The predicted octanol–water partition coefficient (Wildman–Crippen LogP) is 0.667. The third-order valence-corrected chi connectivity index (χ3v) is 3.26. The van der Waals surface area contributed by atoms with E-state index in [1.807, 2.05) is 0 Å². The monoisotopic (exact) mass is 266 g/mol. The molecule has 0 aromatic carbocycles. The van der Waals surface area contributed by atoms with Gasteiger partial charge < -0.3 is 20.4 Å². The Hall–Kier alpha value is -1.60. The van der Waals surface area contributed by atoms with E-state index in [2.05, 4.69) is 32.5 Å². The Labute approximate surface area is 113 Å². The van der Waals surface area contributed by atoms with Gasteiger partial charge in [-0.2, -0.15) is 0 Å². The first-order chi connectivity index (χ1) is 9.24. The molecule has 1 aliphatic heterocycles. The van der Waals surface area contributed by atoms with Crippen molar-refractivity contribution in [2.45, 2.75) is 25.8 Å². The van der Waals surface area contributed by atoms with E-state index in [0.29, 0.717) is 17.4 Å². The molecule has 1 unspecified atom stereocenters. The maximum atomic E-state index is 5.40. The van der Waals surface area contributed by atoms with Gasteiger partial charge in [-0.15, -0.1) is 0 Å². The molecule has 1 saturated heterocycles. The van der Waals surface area contributed by atoms with Crippen molar-refractivity contribution in [2.75, 3.05) is 37.5 Å². The highest BCUT2D eigenvalue weighted by molar-refractivity contribution is 5.63. The van der Waals surface area contributed by atoms with Crippen LogP contribution in [-0.4, -0.2) is 47.7 Å². The van der Waals surface area contributed by atoms with Crippen molar-refractivity contribution in [2.24, 2.45) is 5.84 Å². The van der Waals surface area contributed by atoms with E-state index >= 15 is 0 Å². The van der Waals surface area contributed by atoms with Gasteiger partial charge in [0.2, 0.25) is 5.75 Å². The Morgan fingerprint density at radius 3 is 2.68 bits per heavy atom. The van der Waals surface area contributed by atoms with E-state index in [0.717, 1.165) is 6.54 Å². The van der Waals surface area contributed by atoms with Gasteiger partial charge in [0.25, 0.3) is 0 Å². The lowest BCUT2D eigenvalue weighted by molar-refractivity contribution is 0.327. The number of nitrogens with zero attached hydrogens (tertiary/aromatic N) is 3. The van der Waals surface area contributed by atoms with Crippen LogP contribution in [0, 0.1) is 0 Å². The largest absolute Gasteiger partial charge is 0.490 e. The Morgan fingerprint density at radius 2 is 2.05 bits per heavy atom. The quantitative estimate of drug-likeness (QED) is 0.515. The number of anilines is 2. The van der Waals surface area contributed by atoms with E-state index in [4.69, 9.17) is 10.6 Å². The fourth-order valence-corrected chi connectivity index (χ4v) is 2.40. The van der Waals surface area contributed by atoms with Crippen molar-refractivity contribution in [1.82, 2.24) is 14.9 Å². The summed E-state index contributed by atoms with van der Waals surface area (Å²) >= 11 is 0. The summed E-state index contributed by atoms with van der Waals surface area (Å²) in [7, 11) is 1.58. The summed E-state index contributed by atoms with van der Waals surface area (Å²) in [6.07, 6.45) is 4.05. The van der Waals surface area contributed by atoms with Crippen LogP contribution in [0.15, 0.2) is 6.33 Å². The third kappa shape index (κ3) is 3.45. The molecule has 1 aromatic heterocycles. The number of nitrogen functional groups attached to an aromatic ring is 1. The average Bonchev–Trinajstić information content (AvgIpc) is 2.91. The van der Waals surface area contributed by atoms with Crippen LogP contribution in [0.2, 0.25) is 0 Å². The topological polar surface area (TPSA) is 88.3 Å². The van der Waals surface area contributed by atoms with E-state index in [9.17, 15) is 0 Å². The number of nitrogens with one attached hydrogen (secondary N) is 2. The van der Waals surface area contributed by atoms with Crippen molar-refractivity contribution in [3.8, 4) is 5.75 Å². The van der Waals surface area contributed by atoms with E-state index in [-0.39, 0.29) is 6.04 Å². The molecule has 7 nitrogen and oxygen atoms in total. The summed E-state index contributed by atoms with van der Waals surface area (Å²) in [6.45, 7) is 5.50. The summed E-state index contributed by atoms with van der Waals surface area (Å²) in [6, 6.07) is 0.285. The van der Waals surface area contributed by atoms with Gasteiger partial charge in [0.1, 0.15) is 6.33 Å². The van der Waals surface area contributed by atoms with Crippen LogP contribution < -0.4 is 21.3 Å². The highest BCUT2D eigenvalue weighted by Gasteiger charge is 2.17. The first-order valence-corrected chi connectivity index (χ1v) is 6.59. The molecule has 0 radical (unpaired) electrons. The van der Waals surface area contributed by atoms with Gasteiger partial charge in [0.05, 0.1) is 7.11 Å². The average molecular weight is 266 g/mol. The summed E-state index contributed by atoms with van der Waals surface area (Å²) in [5.74, 6) is 7.09. The number of ether oxygens (including phenoxy) is 1. The van der Waals surface area contributed by atoms with Crippen molar-refractivity contribution >= 4 is 11.6 Å². The van der Waals surface area contributed by atoms with Gasteiger partial charge in [0, 0.05) is 12.6 Å². The highest BCUT2D eigenvalue weighted by atomic mass is 16.5. The smallest absolute Gasteiger partial charge is 0.205 e. The van der Waals surface area contributed by atoms with Crippen molar-refractivity contribution in [3.05, 3.63) is 6.33 Å². The molecule has 0 saturated carbocycles. The molecule has 1 fully saturated rings. The molecule has 1 aliphatic rings. The fraction of sp³-hybridized carbons (Fsp3) is 0.667. The van der Waals surface area contributed by atoms with Gasteiger partial charge in [-0.25, -0.2) is 15.8 Å². The van der Waals surface area contributed by atoms with Crippen LogP contribution in [0.25, 0.3) is 0 Å². The van der Waals surface area contributed by atoms with Crippen LogP contribution in [0.4, 0.5) is 11.6 Å². The Kier molecular flexibility index (Phi) is 4.75. The Morgan fingerprint density at radius 1 is 1.37 bits per heavy atom. The number of hydrazine groups is 1. The molecule has 1 atom stereocenters. The zero-order valence-corrected chi connectivity index (χ0v) is 11.5. The second kappa shape index (κ2) is 6.53. The molecular weight excluding hydrogens is 244 g/mol. The predicted molar refractivity (Wildman–Crippen MR) is 75.2 cm³/mol. The van der Waals surface area contributed by atoms with Crippen LogP contribution in [-0.2, 0) is 0 Å². The van der Waals surface area contributed by atoms with Gasteiger partial charge >= 0.3 is 0 Å². The number of methoxy groups -OCH3 is 1. The van der Waals surface area contributed by atoms with Crippen LogP contribution in [0.5, 0.6) is 5.75 Å². The van der Waals surface area contributed by atoms with Gasteiger partial charge in [-0.3, -0.25) is 0 Å². The molecule has 106 valence electrons. The lowest BCUT2D eigenvalue weighted by atomic mass is 10.3. The van der Waals surface area contributed by atoms with E-state index in [1.165, 1.54) is 32.3 Å². The van der Waals surface area contributed by atoms with Gasteiger partial charge in [-0.1, -0.05) is 0 Å². The molecule has 4 N–H and O–H groups in total. The first kappa shape index (κ1) is 13.8. The SMILES string of the molecule is COc1c(NN)ncnc1NC(C)CN1CCCC1. The lowest BCUT2D eigenvalue weighted by Gasteiger charge is -2.22. The summed E-state index contributed by atoms with van der Waals surface area (Å²) in [5.41, 5.74) is 2.51. The molecule has 1 aromatic rings. The zero-order chi connectivity index (χ0) is 13.7. The molecule has 0 aliphatic carbocycles. The van der Waals surface area contributed by atoms with Gasteiger partial charge in [0.15, 0.2) is 11.6 Å². The maximum Gasteiger partial charge on any atom is 0.205 e. The highest BCUT2D eigenvalue weighted by Crippen LogP contribution is 2.28. The van der Waals surface area contributed by atoms with Crippen molar-refractivity contribution in [1.29, 1.82) is 0 Å². The Bertz CT molecular complexity index is 407. The standard InChI is InChI=1S/C12H22N6O/c1-9(7-18-5-3-4-6-18)16-11-10(19-2)12(17-13)15-8-14-11/h8-9H,3-7,13H2,1-2H3,(H2,14,15,16,17). The van der Waals surface area contributed by atoms with Gasteiger partial charge in [-0.05, 0) is 32.9 Å². The number of hydrogen-bond donors (Lipinski definition) is 3. The number of rotatable bonds is 6. The third-order valence-electron chi connectivity index (χ3n) is 3.26. The molecule has 7 heteroatoms. The molecule has 0 amide bonds. The van der Waals surface area contributed by atoms with Crippen molar-refractivity contribution < 1.29 is 4.74 Å². The van der Waals surface area contributed by atoms with Crippen LogP contribution in [0.3, 0.4) is 0 Å². The summed E-state index contributed by atoms with van der Waals surface area (Å²) in [4.78, 5) is 10.7.